The molecule has 0 saturated carbocycles. The molecule has 0 radical (unpaired) electrons. The van der Waals surface area contributed by atoms with E-state index in [1.807, 2.05) is 0 Å². The first-order valence-corrected chi connectivity index (χ1v) is 21.9. The van der Waals surface area contributed by atoms with Gasteiger partial charge in [-0.1, -0.05) is 115 Å². The van der Waals surface area contributed by atoms with Gasteiger partial charge in [0.05, 0.1) is 33.9 Å². The summed E-state index contributed by atoms with van der Waals surface area (Å²) in [7, 11) is 0. The summed E-state index contributed by atoms with van der Waals surface area (Å²) in [6.07, 6.45) is 4.37. The van der Waals surface area contributed by atoms with Crippen LogP contribution in [0.4, 0.5) is 0 Å². The molecule has 5 nitrogen and oxygen atoms in total. The van der Waals surface area contributed by atoms with E-state index in [4.69, 9.17) is 15.0 Å². The Balaban J connectivity index is 1.19. The number of hydrogen-bond acceptors (Lipinski definition) is 3. The highest BCUT2D eigenvalue weighted by Gasteiger charge is 2.31. The van der Waals surface area contributed by atoms with Gasteiger partial charge in [0.2, 0.25) is 0 Å². The molecular formula is C58H51N5. The molecule has 0 aliphatic rings. The SMILES string of the molecule is Cc1cccc(C)c1-c1cccc(-c2nc(C(C)(C)c3cc(-c4c(C)cccc4C)cc(-c4ccc5ccn6c(C)c(C)nc6c5c4)n3)cn2-c2ccccc2-c2ccccc2)c1. The van der Waals surface area contributed by atoms with Crippen molar-refractivity contribution in [1.29, 1.82) is 0 Å². The highest BCUT2D eigenvalue weighted by Crippen LogP contribution is 2.41. The van der Waals surface area contributed by atoms with E-state index < -0.39 is 5.41 Å². The maximum absolute atomic E-state index is 5.66. The molecule has 0 aliphatic carbocycles. The second-order valence-corrected chi connectivity index (χ2v) is 17.7. The van der Waals surface area contributed by atoms with Crippen LogP contribution in [0.5, 0.6) is 0 Å². The van der Waals surface area contributed by atoms with Crippen molar-refractivity contribution in [1.82, 2.24) is 23.9 Å². The molecule has 5 heteroatoms. The van der Waals surface area contributed by atoms with Crippen molar-refractivity contribution >= 4 is 16.4 Å². The Labute approximate surface area is 370 Å². The van der Waals surface area contributed by atoms with Gasteiger partial charge in [-0.2, -0.15) is 0 Å². The Bertz CT molecular complexity index is 3340. The van der Waals surface area contributed by atoms with E-state index in [1.54, 1.807) is 0 Å². The minimum atomic E-state index is -0.616. The molecule has 0 fully saturated rings. The standard InChI is InChI=1S/C58H51N5/c1-36-17-14-18-37(2)54(36)45-23-16-24-46(31-45)56-61-53(35-63(56)51-26-13-12-25-48(51)42-21-10-9-11-22-42)58(7,8)52-34-47(55-38(3)19-15-20-39(55)4)33-50(60-52)44-28-27-43-29-30-62-41(6)40(5)59-57(62)49(43)32-44/h9-35H,1-8H3. The molecule has 0 unspecified atom stereocenters. The van der Waals surface area contributed by atoms with Crippen molar-refractivity contribution < 1.29 is 0 Å². The third-order valence-corrected chi connectivity index (χ3v) is 13.1. The van der Waals surface area contributed by atoms with Gasteiger partial charge in [0.15, 0.2) is 0 Å². The van der Waals surface area contributed by atoms with Gasteiger partial charge in [0.25, 0.3) is 0 Å². The van der Waals surface area contributed by atoms with Gasteiger partial charge in [-0.15, -0.1) is 0 Å². The highest BCUT2D eigenvalue weighted by atomic mass is 15.1. The first kappa shape index (κ1) is 39.7. The summed E-state index contributed by atoms with van der Waals surface area (Å²) in [5, 5.41) is 2.26. The molecule has 0 atom stereocenters. The summed E-state index contributed by atoms with van der Waals surface area (Å²) in [4.78, 5) is 16.3. The predicted octanol–water partition coefficient (Wildman–Crippen LogP) is 14.6. The van der Waals surface area contributed by atoms with Crippen LogP contribution < -0.4 is 0 Å². The number of aromatic nitrogens is 5. The molecule has 0 N–H and O–H groups in total. The van der Waals surface area contributed by atoms with Gasteiger partial charge < -0.3 is 4.40 Å². The number of hydrogen-bond donors (Lipinski definition) is 0. The third kappa shape index (κ3) is 6.94. The summed E-state index contributed by atoms with van der Waals surface area (Å²) >= 11 is 0. The fourth-order valence-corrected chi connectivity index (χ4v) is 9.45. The molecule has 308 valence electrons. The van der Waals surface area contributed by atoms with E-state index in [0.29, 0.717) is 0 Å². The summed E-state index contributed by atoms with van der Waals surface area (Å²) in [5.74, 6) is 0.879. The second-order valence-electron chi connectivity index (χ2n) is 17.7. The largest absolute Gasteiger partial charge is 0.304 e. The fourth-order valence-electron chi connectivity index (χ4n) is 9.45. The Morgan fingerprint density at radius 1 is 0.476 bits per heavy atom. The van der Waals surface area contributed by atoms with Gasteiger partial charge in [-0.3, -0.25) is 9.55 Å². The number of benzene rings is 6. The Morgan fingerprint density at radius 3 is 1.84 bits per heavy atom. The molecule has 0 amide bonds. The zero-order valence-electron chi connectivity index (χ0n) is 37.3. The molecule has 4 aromatic heterocycles. The van der Waals surface area contributed by atoms with Crippen molar-refractivity contribution in [2.24, 2.45) is 0 Å². The summed E-state index contributed by atoms with van der Waals surface area (Å²) in [5.41, 5.74) is 20.5. The van der Waals surface area contributed by atoms with E-state index in [2.05, 4.69) is 228 Å². The molecule has 0 aliphatic heterocycles. The quantitative estimate of drug-likeness (QED) is 0.153. The van der Waals surface area contributed by atoms with Gasteiger partial charge in [0, 0.05) is 40.2 Å². The van der Waals surface area contributed by atoms with Crippen LogP contribution in [0.1, 0.15) is 58.9 Å². The Kier molecular flexibility index (Phi) is 9.79. The highest BCUT2D eigenvalue weighted by molar-refractivity contribution is 5.97. The molecule has 4 heterocycles. The minimum Gasteiger partial charge on any atom is -0.304 e. The molecule has 0 saturated heterocycles. The summed E-state index contributed by atoms with van der Waals surface area (Å²) in [6, 6.07) is 54.6. The van der Waals surface area contributed by atoms with Gasteiger partial charge in [-0.25, -0.2) is 9.97 Å². The molecule has 10 rings (SSSR count). The van der Waals surface area contributed by atoms with E-state index in [9.17, 15) is 0 Å². The third-order valence-electron chi connectivity index (χ3n) is 13.1. The predicted molar refractivity (Wildman–Crippen MR) is 262 cm³/mol. The van der Waals surface area contributed by atoms with E-state index in [1.165, 1.54) is 38.9 Å². The van der Waals surface area contributed by atoms with Crippen molar-refractivity contribution in [3.8, 4) is 61.7 Å². The zero-order chi connectivity index (χ0) is 43.6. The lowest BCUT2D eigenvalue weighted by molar-refractivity contribution is 0.600. The first-order chi connectivity index (χ1) is 30.5. The van der Waals surface area contributed by atoms with Crippen LogP contribution >= 0.6 is 0 Å². The topological polar surface area (TPSA) is 48.0 Å². The summed E-state index contributed by atoms with van der Waals surface area (Å²) < 4.78 is 4.49. The number of fused-ring (bicyclic) bond motifs is 3. The number of pyridine rings is 2. The number of rotatable bonds is 8. The monoisotopic (exact) mass is 817 g/mol. The van der Waals surface area contributed by atoms with Crippen LogP contribution in [0, 0.1) is 41.5 Å². The lowest BCUT2D eigenvalue weighted by Crippen LogP contribution is -2.21. The number of aryl methyl sites for hydroxylation is 6. The maximum atomic E-state index is 5.66. The first-order valence-electron chi connectivity index (χ1n) is 21.9. The molecular weight excluding hydrogens is 767 g/mol. The van der Waals surface area contributed by atoms with Crippen molar-refractivity contribution in [3.05, 3.63) is 209 Å². The van der Waals surface area contributed by atoms with E-state index in [0.717, 1.165) is 84.2 Å². The fraction of sp³-hybridized carbons (Fsp3) is 0.155. The van der Waals surface area contributed by atoms with Crippen LogP contribution in [0.25, 0.3) is 78.1 Å². The zero-order valence-corrected chi connectivity index (χ0v) is 37.3. The lowest BCUT2D eigenvalue weighted by atomic mass is 9.83. The average Bonchev–Trinajstić information content (AvgIpc) is 3.88. The molecule has 63 heavy (non-hydrogen) atoms. The Morgan fingerprint density at radius 2 is 1.11 bits per heavy atom. The van der Waals surface area contributed by atoms with Crippen LogP contribution in [0.15, 0.2) is 164 Å². The molecule has 0 spiro atoms. The minimum absolute atomic E-state index is 0.616. The van der Waals surface area contributed by atoms with Gasteiger partial charge in [0.1, 0.15) is 11.5 Å². The van der Waals surface area contributed by atoms with Crippen molar-refractivity contribution in [3.63, 3.8) is 0 Å². The van der Waals surface area contributed by atoms with Gasteiger partial charge in [-0.05, 0) is 147 Å². The molecule has 10 aromatic rings. The van der Waals surface area contributed by atoms with Crippen LogP contribution in [0.3, 0.4) is 0 Å². The summed E-state index contributed by atoms with van der Waals surface area (Å²) in [6.45, 7) is 17.5. The average molecular weight is 818 g/mol. The van der Waals surface area contributed by atoms with Crippen LogP contribution in [0.2, 0.25) is 0 Å². The van der Waals surface area contributed by atoms with E-state index >= 15 is 0 Å². The number of nitrogens with zero attached hydrogens (tertiary/aromatic N) is 5. The second kappa shape index (κ2) is 15.5. The van der Waals surface area contributed by atoms with Crippen LogP contribution in [-0.4, -0.2) is 23.9 Å². The van der Waals surface area contributed by atoms with Crippen molar-refractivity contribution in [2.45, 2.75) is 60.8 Å². The number of imidazole rings is 2. The van der Waals surface area contributed by atoms with Crippen LogP contribution in [-0.2, 0) is 5.41 Å². The lowest BCUT2D eigenvalue weighted by Gasteiger charge is -2.24. The molecule has 0 bridgehead atoms. The maximum Gasteiger partial charge on any atom is 0.145 e. The van der Waals surface area contributed by atoms with E-state index in [-0.39, 0.29) is 0 Å². The smallest absolute Gasteiger partial charge is 0.145 e. The normalized spacial score (nSPS) is 11.8. The van der Waals surface area contributed by atoms with Gasteiger partial charge >= 0.3 is 0 Å². The van der Waals surface area contributed by atoms with Crippen molar-refractivity contribution in [2.75, 3.05) is 0 Å². The molecule has 6 aromatic carbocycles. The number of para-hydroxylation sites is 1. The Hall–Kier alpha value is -7.37.